The van der Waals surface area contributed by atoms with E-state index in [0.29, 0.717) is 25.3 Å². The molecule has 2 aromatic carbocycles. The lowest BCUT2D eigenvalue weighted by molar-refractivity contribution is -0.121. The molecule has 7 heteroatoms. The van der Waals surface area contributed by atoms with Crippen LogP contribution in [0.4, 0.5) is 5.69 Å². The zero-order valence-corrected chi connectivity index (χ0v) is 19.8. The number of aryl methyl sites for hydroxylation is 3. The maximum absolute atomic E-state index is 12.2. The van der Waals surface area contributed by atoms with Crippen molar-refractivity contribution in [2.75, 3.05) is 30.3 Å². The van der Waals surface area contributed by atoms with Crippen molar-refractivity contribution < 1.29 is 17.9 Å². The van der Waals surface area contributed by atoms with Crippen molar-refractivity contribution in [3.8, 4) is 5.75 Å². The molecule has 0 bridgehead atoms. The molecule has 0 aromatic heterocycles. The summed E-state index contributed by atoms with van der Waals surface area (Å²) < 4.78 is 31.4. The summed E-state index contributed by atoms with van der Waals surface area (Å²) in [5, 5.41) is 2.82. The van der Waals surface area contributed by atoms with E-state index in [1.54, 1.807) is 6.07 Å². The number of amides is 1. The number of hydrogen-bond acceptors (Lipinski definition) is 4. The minimum absolute atomic E-state index is 0.115. The molecule has 0 fully saturated rings. The minimum atomic E-state index is -3.42. The van der Waals surface area contributed by atoms with Crippen LogP contribution in [0.1, 0.15) is 42.9 Å². The van der Waals surface area contributed by atoms with Crippen molar-refractivity contribution >= 4 is 21.6 Å². The third-order valence-electron chi connectivity index (χ3n) is 5.10. The molecule has 2 rings (SSSR count). The van der Waals surface area contributed by atoms with Crippen molar-refractivity contribution in [2.24, 2.45) is 0 Å². The Kier molecular flexibility index (Phi) is 9.37. The van der Waals surface area contributed by atoms with Crippen molar-refractivity contribution in [3.63, 3.8) is 0 Å². The van der Waals surface area contributed by atoms with Gasteiger partial charge in [0.25, 0.3) is 0 Å². The van der Waals surface area contributed by atoms with Crippen LogP contribution < -0.4 is 14.4 Å². The van der Waals surface area contributed by atoms with Crippen LogP contribution in [0, 0.1) is 13.8 Å². The SMILES string of the molecule is CCCc1ccc(OCCNC(=O)CCCN(c2ccc(C)c(C)c2)S(C)(=O)=O)cc1. The van der Waals surface area contributed by atoms with E-state index in [1.807, 2.05) is 38.1 Å². The van der Waals surface area contributed by atoms with E-state index in [0.717, 1.165) is 29.7 Å². The van der Waals surface area contributed by atoms with Gasteiger partial charge in [-0.1, -0.05) is 31.5 Å². The zero-order valence-electron chi connectivity index (χ0n) is 19.0. The minimum Gasteiger partial charge on any atom is -0.492 e. The Morgan fingerprint density at radius 2 is 1.77 bits per heavy atom. The van der Waals surface area contributed by atoms with Gasteiger partial charge in [0, 0.05) is 13.0 Å². The Morgan fingerprint density at radius 3 is 2.39 bits per heavy atom. The molecule has 0 saturated heterocycles. The van der Waals surface area contributed by atoms with Gasteiger partial charge >= 0.3 is 0 Å². The largest absolute Gasteiger partial charge is 0.492 e. The Balaban J connectivity index is 1.74. The number of hydrogen-bond donors (Lipinski definition) is 1. The third kappa shape index (κ3) is 8.25. The fourth-order valence-electron chi connectivity index (χ4n) is 3.24. The molecule has 0 aliphatic heterocycles. The first-order valence-electron chi connectivity index (χ1n) is 10.7. The lowest BCUT2D eigenvalue weighted by Crippen LogP contribution is -2.33. The van der Waals surface area contributed by atoms with Crippen LogP contribution in [0.3, 0.4) is 0 Å². The van der Waals surface area contributed by atoms with E-state index in [9.17, 15) is 13.2 Å². The lowest BCUT2D eigenvalue weighted by Gasteiger charge is -2.23. The Morgan fingerprint density at radius 1 is 1.06 bits per heavy atom. The summed E-state index contributed by atoms with van der Waals surface area (Å²) >= 11 is 0. The summed E-state index contributed by atoms with van der Waals surface area (Å²) in [4.78, 5) is 12.1. The molecule has 0 saturated carbocycles. The van der Waals surface area contributed by atoms with Gasteiger partial charge in [-0.25, -0.2) is 8.42 Å². The van der Waals surface area contributed by atoms with Gasteiger partial charge in [0.1, 0.15) is 12.4 Å². The van der Waals surface area contributed by atoms with Gasteiger partial charge in [-0.3, -0.25) is 9.10 Å². The molecule has 0 aliphatic carbocycles. The molecule has 170 valence electrons. The molecule has 6 nitrogen and oxygen atoms in total. The molecule has 31 heavy (non-hydrogen) atoms. The molecule has 0 aliphatic rings. The van der Waals surface area contributed by atoms with Gasteiger partial charge in [0.2, 0.25) is 15.9 Å². The first kappa shape index (κ1) is 24.7. The predicted octanol–water partition coefficient (Wildman–Crippen LogP) is 4.00. The summed E-state index contributed by atoms with van der Waals surface area (Å²) in [6.45, 7) is 7.14. The highest BCUT2D eigenvalue weighted by atomic mass is 32.2. The fourth-order valence-corrected chi connectivity index (χ4v) is 4.20. The van der Waals surface area contributed by atoms with E-state index < -0.39 is 10.0 Å². The summed E-state index contributed by atoms with van der Waals surface area (Å²) in [7, 11) is -3.42. The summed E-state index contributed by atoms with van der Waals surface area (Å²) in [6.07, 6.45) is 4.04. The second-order valence-electron chi connectivity index (χ2n) is 7.80. The summed E-state index contributed by atoms with van der Waals surface area (Å²) in [6, 6.07) is 13.6. The second-order valence-corrected chi connectivity index (χ2v) is 9.71. The number of carbonyl (C=O) groups excluding carboxylic acids is 1. The average molecular weight is 447 g/mol. The van der Waals surface area contributed by atoms with Crippen molar-refractivity contribution in [1.82, 2.24) is 5.32 Å². The summed E-state index contributed by atoms with van der Waals surface area (Å²) in [5.41, 5.74) is 4.05. The van der Waals surface area contributed by atoms with Crippen LogP contribution in [-0.4, -0.2) is 40.3 Å². The predicted molar refractivity (Wildman–Crippen MR) is 126 cm³/mol. The van der Waals surface area contributed by atoms with E-state index >= 15 is 0 Å². The van der Waals surface area contributed by atoms with Crippen molar-refractivity contribution in [3.05, 3.63) is 59.2 Å². The van der Waals surface area contributed by atoms with Gasteiger partial charge in [0.05, 0.1) is 18.5 Å². The van der Waals surface area contributed by atoms with Crippen LogP contribution in [0.15, 0.2) is 42.5 Å². The van der Waals surface area contributed by atoms with Gasteiger partial charge in [-0.2, -0.15) is 0 Å². The molecular weight excluding hydrogens is 412 g/mol. The quantitative estimate of drug-likeness (QED) is 0.500. The molecule has 1 N–H and O–H groups in total. The fraction of sp³-hybridized carbons (Fsp3) is 0.458. The highest BCUT2D eigenvalue weighted by Crippen LogP contribution is 2.21. The van der Waals surface area contributed by atoms with Gasteiger partial charge < -0.3 is 10.1 Å². The zero-order chi connectivity index (χ0) is 22.9. The number of benzene rings is 2. The van der Waals surface area contributed by atoms with Crippen LogP contribution in [-0.2, 0) is 21.2 Å². The van der Waals surface area contributed by atoms with E-state index in [4.69, 9.17) is 4.74 Å². The topological polar surface area (TPSA) is 75.7 Å². The maximum atomic E-state index is 12.2. The van der Waals surface area contributed by atoms with Crippen LogP contribution in [0.5, 0.6) is 5.75 Å². The summed E-state index contributed by atoms with van der Waals surface area (Å²) in [5.74, 6) is 0.668. The molecule has 0 heterocycles. The Hall–Kier alpha value is -2.54. The number of rotatable bonds is 12. The molecule has 2 aromatic rings. The number of nitrogens with zero attached hydrogens (tertiary/aromatic N) is 1. The normalized spacial score (nSPS) is 11.2. The molecule has 1 amide bonds. The van der Waals surface area contributed by atoms with Crippen molar-refractivity contribution in [1.29, 1.82) is 0 Å². The Labute approximate surface area is 186 Å². The van der Waals surface area contributed by atoms with Gasteiger partial charge in [0.15, 0.2) is 0 Å². The number of ether oxygens (including phenoxy) is 1. The van der Waals surface area contributed by atoms with Crippen LogP contribution >= 0.6 is 0 Å². The first-order chi connectivity index (χ1) is 14.7. The number of carbonyl (C=O) groups is 1. The number of anilines is 1. The molecule has 0 unspecified atom stereocenters. The monoisotopic (exact) mass is 446 g/mol. The van der Waals surface area contributed by atoms with E-state index in [-0.39, 0.29) is 18.9 Å². The van der Waals surface area contributed by atoms with Gasteiger partial charge in [-0.15, -0.1) is 0 Å². The Bertz CT molecular complexity index is 956. The van der Waals surface area contributed by atoms with Crippen LogP contribution in [0.2, 0.25) is 0 Å². The highest BCUT2D eigenvalue weighted by Gasteiger charge is 2.18. The standard InChI is InChI=1S/C24H34N2O4S/c1-5-7-21-10-13-23(14-11-21)30-17-15-25-24(27)8-6-16-26(31(4,28)29)22-12-9-19(2)20(3)18-22/h9-14,18H,5-8,15-17H2,1-4H3,(H,25,27). The number of sulfonamides is 1. The van der Waals surface area contributed by atoms with Crippen molar-refractivity contribution in [2.45, 2.75) is 46.5 Å². The van der Waals surface area contributed by atoms with Crippen LogP contribution in [0.25, 0.3) is 0 Å². The van der Waals surface area contributed by atoms with E-state index in [1.165, 1.54) is 16.1 Å². The number of nitrogens with one attached hydrogen (secondary N) is 1. The molecule has 0 atom stereocenters. The highest BCUT2D eigenvalue weighted by molar-refractivity contribution is 7.92. The maximum Gasteiger partial charge on any atom is 0.232 e. The average Bonchev–Trinajstić information content (AvgIpc) is 2.71. The smallest absolute Gasteiger partial charge is 0.232 e. The molecular formula is C24H34N2O4S. The third-order valence-corrected chi connectivity index (χ3v) is 6.29. The lowest BCUT2D eigenvalue weighted by atomic mass is 10.1. The molecule has 0 spiro atoms. The molecule has 0 radical (unpaired) electrons. The van der Waals surface area contributed by atoms with E-state index in [2.05, 4.69) is 24.4 Å². The van der Waals surface area contributed by atoms with Gasteiger partial charge in [-0.05, 0) is 67.6 Å². The first-order valence-corrected chi connectivity index (χ1v) is 12.6. The second kappa shape index (κ2) is 11.7.